The Kier molecular flexibility index (Phi) is 2.67. The lowest BCUT2D eigenvalue weighted by atomic mass is 10.1. The van der Waals surface area contributed by atoms with E-state index in [1.807, 2.05) is 37.3 Å². The first-order valence-electron chi connectivity index (χ1n) is 5.28. The van der Waals surface area contributed by atoms with Crippen LogP contribution in [0.25, 0.3) is 20.2 Å². The number of benzene rings is 2. The molecule has 84 valence electrons. The summed E-state index contributed by atoms with van der Waals surface area (Å²) in [5.74, 6) is 0. The topological polar surface area (TPSA) is 17.1 Å². The minimum absolute atomic E-state index is 0.149. The van der Waals surface area contributed by atoms with Crippen LogP contribution in [0.2, 0.25) is 0 Å². The highest BCUT2D eigenvalue weighted by atomic mass is 127. The molecule has 0 atom stereocenters. The fourth-order valence-electron chi connectivity index (χ4n) is 1.96. The molecule has 0 saturated carbocycles. The molecular formula is C14H9IOS. The van der Waals surface area contributed by atoms with E-state index < -0.39 is 0 Å². The maximum Gasteiger partial charge on any atom is 0.195 e. The zero-order valence-electron chi connectivity index (χ0n) is 9.16. The van der Waals surface area contributed by atoms with Crippen molar-refractivity contribution in [2.75, 3.05) is 0 Å². The van der Waals surface area contributed by atoms with Crippen LogP contribution >= 0.6 is 33.9 Å². The van der Waals surface area contributed by atoms with Crippen LogP contribution in [0.15, 0.2) is 41.2 Å². The predicted molar refractivity (Wildman–Crippen MR) is 83.1 cm³/mol. The van der Waals surface area contributed by atoms with E-state index >= 15 is 0 Å². The summed E-state index contributed by atoms with van der Waals surface area (Å²) >= 11 is 3.98. The van der Waals surface area contributed by atoms with Gasteiger partial charge in [0.25, 0.3) is 0 Å². The van der Waals surface area contributed by atoms with Gasteiger partial charge in [-0.15, -0.1) is 11.3 Å². The van der Waals surface area contributed by atoms with Crippen LogP contribution in [0.5, 0.6) is 0 Å². The summed E-state index contributed by atoms with van der Waals surface area (Å²) < 4.78 is 3.30. The van der Waals surface area contributed by atoms with Gasteiger partial charge in [-0.05, 0) is 53.8 Å². The predicted octanol–water partition coefficient (Wildman–Crippen LogP) is 4.33. The number of aryl methyl sites for hydroxylation is 1. The van der Waals surface area contributed by atoms with Crippen molar-refractivity contribution in [3.63, 3.8) is 0 Å². The second-order valence-electron chi connectivity index (χ2n) is 4.05. The Hall–Kier alpha value is -0.940. The summed E-state index contributed by atoms with van der Waals surface area (Å²) in [6, 6.07) is 12.0. The quantitative estimate of drug-likeness (QED) is 0.435. The smallest absolute Gasteiger partial charge is 0.195 e. The standard InChI is InChI=1S/C14H9IOS/c1-8-5-6-12-10(7-8)13(16)9-3-2-4-11(15)14(9)17-12/h2-7H,1H3. The SMILES string of the molecule is Cc1ccc2sc3c(I)cccc3c(=O)c2c1. The molecule has 3 heteroatoms. The second-order valence-corrected chi connectivity index (χ2v) is 6.26. The molecule has 2 aromatic carbocycles. The lowest BCUT2D eigenvalue weighted by Crippen LogP contribution is -2.01. The average molecular weight is 352 g/mol. The summed E-state index contributed by atoms with van der Waals surface area (Å²) in [5.41, 5.74) is 1.28. The normalized spacial score (nSPS) is 11.2. The van der Waals surface area contributed by atoms with Crippen molar-refractivity contribution in [2.24, 2.45) is 0 Å². The fraction of sp³-hybridized carbons (Fsp3) is 0.0714. The van der Waals surface area contributed by atoms with E-state index in [0.29, 0.717) is 0 Å². The monoisotopic (exact) mass is 352 g/mol. The zero-order valence-corrected chi connectivity index (χ0v) is 12.1. The summed E-state index contributed by atoms with van der Waals surface area (Å²) in [7, 11) is 0. The fourth-order valence-corrected chi connectivity index (χ4v) is 3.84. The van der Waals surface area contributed by atoms with Crippen molar-refractivity contribution >= 4 is 54.1 Å². The van der Waals surface area contributed by atoms with Gasteiger partial charge in [0.1, 0.15) is 0 Å². The van der Waals surface area contributed by atoms with Gasteiger partial charge in [0.15, 0.2) is 5.43 Å². The van der Waals surface area contributed by atoms with Crippen LogP contribution in [0.1, 0.15) is 5.56 Å². The molecule has 0 N–H and O–H groups in total. The van der Waals surface area contributed by atoms with E-state index in [0.717, 1.165) is 29.3 Å². The maximum atomic E-state index is 12.4. The van der Waals surface area contributed by atoms with Gasteiger partial charge >= 0.3 is 0 Å². The van der Waals surface area contributed by atoms with Crippen LogP contribution in [0, 0.1) is 10.5 Å². The van der Waals surface area contributed by atoms with Crippen molar-refractivity contribution in [3.05, 3.63) is 55.8 Å². The van der Waals surface area contributed by atoms with E-state index in [9.17, 15) is 4.79 Å². The molecule has 0 spiro atoms. The van der Waals surface area contributed by atoms with E-state index in [-0.39, 0.29) is 5.43 Å². The van der Waals surface area contributed by atoms with Gasteiger partial charge in [-0.1, -0.05) is 17.7 Å². The van der Waals surface area contributed by atoms with Gasteiger partial charge in [0.05, 0.1) is 4.70 Å². The van der Waals surface area contributed by atoms with Gasteiger partial charge in [0, 0.05) is 19.0 Å². The third kappa shape index (κ3) is 1.77. The van der Waals surface area contributed by atoms with Gasteiger partial charge in [0.2, 0.25) is 0 Å². The van der Waals surface area contributed by atoms with Crippen LogP contribution in [0.4, 0.5) is 0 Å². The second kappa shape index (κ2) is 4.07. The highest BCUT2D eigenvalue weighted by Crippen LogP contribution is 2.28. The van der Waals surface area contributed by atoms with E-state index in [4.69, 9.17) is 0 Å². The Balaban J connectivity index is 2.62. The minimum Gasteiger partial charge on any atom is -0.289 e. The summed E-state index contributed by atoms with van der Waals surface area (Å²) in [6.45, 7) is 2.02. The van der Waals surface area contributed by atoms with Gasteiger partial charge in [-0.25, -0.2) is 0 Å². The third-order valence-electron chi connectivity index (χ3n) is 2.80. The molecular weight excluding hydrogens is 343 g/mol. The van der Waals surface area contributed by atoms with E-state index in [2.05, 4.69) is 28.7 Å². The van der Waals surface area contributed by atoms with Crippen molar-refractivity contribution in [1.29, 1.82) is 0 Å². The number of halogens is 1. The zero-order chi connectivity index (χ0) is 12.0. The molecule has 0 unspecified atom stereocenters. The molecule has 0 fully saturated rings. The van der Waals surface area contributed by atoms with Crippen LogP contribution in [-0.4, -0.2) is 0 Å². The first kappa shape index (κ1) is 11.2. The molecule has 0 radical (unpaired) electrons. The molecule has 1 heterocycles. The summed E-state index contributed by atoms with van der Waals surface area (Å²) in [4.78, 5) is 12.4. The number of rotatable bonds is 0. The number of hydrogen-bond donors (Lipinski definition) is 0. The Morgan fingerprint density at radius 2 is 1.94 bits per heavy atom. The Morgan fingerprint density at radius 1 is 1.12 bits per heavy atom. The molecule has 0 aliphatic carbocycles. The molecule has 0 aliphatic rings. The number of fused-ring (bicyclic) bond motifs is 2. The Labute approximate surface area is 116 Å². The molecule has 0 bridgehead atoms. The van der Waals surface area contributed by atoms with E-state index in [1.165, 1.54) is 0 Å². The first-order chi connectivity index (χ1) is 8.16. The lowest BCUT2D eigenvalue weighted by Gasteiger charge is -2.03. The molecule has 17 heavy (non-hydrogen) atoms. The van der Waals surface area contributed by atoms with Crippen LogP contribution in [0.3, 0.4) is 0 Å². The third-order valence-corrected chi connectivity index (χ3v) is 5.29. The minimum atomic E-state index is 0.149. The van der Waals surface area contributed by atoms with Crippen molar-refractivity contribution < 1.29 is 0 Å². The highest BCUT2D eigenvalue weighted by Gasteiger charge is 2.07. The lowest BCUT2D eigenvalue weighted by molar-refractivity contribution is 1.51. The maximum absolute atomic E-state index is 12.4. The Bertz CT molecular complexity index is 782. The molecule has 0 saturated heterocycles. The van der Waals surface area contributed by atoms with Crippen LogP contribution < -0.4 is 5.43 Å². The highest BCUT2D eigenvalue weighted by molar-refractivity contribution is 14.1. The molecule has 0 aliphatic heterocycles. The molecule has 1 nitrogen and oxygen atoms in total. The van der Waals surface area contributed by atoms with Crippen molar-refractivity contribution in [2.45, 2.75) is 6.92 Å². The molecule has 0 amide bonds. The van der Waals surface area contributed by atoms with Gasteiger partial charge in [-0.2, -0.15) is 0 Å². The first-order valence-corrected chi connectivity index (χ1v) is 7.18. The molecule has 3 rings (SSSR count). The molecule has 3 aromatic rings. The van der Waals surface area contributed by atoms with Crippen molar-refractivity contribution in [3.8, 4) is 0 Å². The Morgan fingerprint density at radius 3 is 2.76 bits per heavy atom. The van der Waals surface area contributed by atoms with Crippen molar-refractivity contribution in [1.82, 2.24) is 0 Å². The summed E-state index contributed by atoms with van der Waals surface area (Å²) in [5, 5.41) is 1.67. The van der Waals surface area contributed by atoms with Gasteiger partial charge < -0.3 is 0 Å². The van der Waals surface area contributed by atoms with Gasteiger partial charge in [-0.3, -0.25) is 4.79 Å². The number of hydrogen-bond acceptors (Lipinski definition) is 2. The van der Waals surface area contributed by atoms with E-state index in [1.54, 1.807) is 11.3 Å². The largest absolute Gasteiger partial charge is 0.289 e. The summed E-state index contributed by atoms with van der Waals surface area (Å²) in [6.07, 6.45) is 0. The average Bonchev–Trinajstić information content (AvgIpc) is 2.32. The van der Waals surface area contributed by atoms with Crippen LogP contribution in [-0.2, 0) is 0 Å². The molecule has 1 aromatic heterocycles.